The second-order valence-corrected chi connectivity index (χ2v) is 4.29. The highest BCUT2D eigenvalue weighted by Gasteiger charge is 2.23. The second-order valence-electron chi connectivity index (χ2n) is 4.29. The van der Waals surface area contributed by atoms with Crippen LogP contribution < -0.4 is 5.43 Å². The largest absolute Gasteiger partial charge is 0.379 e. The first kappa shape index (κ1) is 10.5. The van der Waals surface area contributed by atoms with Gasteiger partial charge in [0, 0.05) is 18.5 Å². The zero-order chi connectivity index (χ0) is 9.90. The number of carbonyl (C=O) groups is 1. The van der Waals surface area contributed by atoms with Gasteiger partial charge in [-0.1, -0.05) is 20.8 Å². The lowest BCUT2D eigenvalue weighted by molar-refractivity contribution is -0.135. The monoisotopic (exact) mass is 186 g/mol. The molecule has 1 amide bonds. The molecule has 4 heteroatoms. The number of morpholine rings is 1. The van der Waals surface area contributed by atoms with Crippen LogP contribution in [0.5, 0.6) is 0 Å². The van der Waals surface area contributed by atoms with E-state index in [1.54, 1.807) is 0 Å². The number of hydrogen-bond acceptors (Lipinski definition) is 3. The maximum Gasteiger partial charge on any atom is 0.239 e. The van der Waals surface area contributed by atoms with Crippen molar-refractivity contribution in [3.63, 3.8) is 0 Å². The topological polar surface area (TPSA) is 41.6 Å². The molecular weight excluding hydrogens is 168 g/mol. The standard InChI is InChI=1S/C9H18N2O2/c1-9(2,3)8(12)10-11-4-6-13-7-5-11/h4-7H2,1-3H3,(H,10,12). The summed E-state index contributed by atoms with van der Waals surface area (Å²) in [5, 5.41) is 1.91. The third-order valence-corrected chi connectivity index (χ3v) is 1.95. The fraction of sp³-hybridized carbons (Fsp3) is 0.889. The Hall–Kier alpha value is -0.610. The zero-order valence-corrected chi connectivity index (χ0v) is 8.59. The van der Waals surface area contributed by atoms with Crippen molar-refractivity contribution < 1.29 is 9.53 Å². The maximum atomic E-state index is 11.5. The molecule has 76 valence electrons. The molecule has 1 N–H and O–H groups in total. The van der Waals surface area contributed by atoms with Gasteiger partial charge in [-0.2, -0.15) is 0 Å². The Balaban J connectivity index is 2.35. The van der Waals surface area contributed by atoms with Crippen LogP contribution in [0.2, 0.25) is 0 Å². The van der Waals surface area contributed by atoms with Gasteiger partial charge in [0.05, 0.1) is 13.2 Å². The lowest BCUT2D eigenvalue weighted by Crippen LogP contribution is -2.51. The fourth-order valence-corrected chi connectivity index (χ4v) is 0.986. The number of nitrogens with one attached hydrogen (secondary N) is 1. The average molecular weight is 186 g/mol. The molecule has 0 aromatic carbocycles. The van der Waals surface area contributed by atoms with Crippen molar-refractivity contribution in [3.05, 3.63) is 0 Å². The fourth-order valence-electron chi connectivity index (χ4n) is 0.986. The summed E-state index contributed by atoms with van der Waals surface area (Å²) in [4.78, 5) is 11.5. The SMILES string of the molecule is CC(C)(C)C(=O)NN1CCOCC1. The maximum absolute atomic E-state index is 11.5. The Morgan fingerprint density at radius 3 is 2.31 bits per heavy atom. The molecule has 0 aromatic rings. The van der Waals surface area contributed by atoms with Crippen molar-refractivity contribution in [1.29, 1.82) is 0 Å². The molecule has 0 atom stereocenters. The van der Waals surface area contributed by atoms with Crippen LogP contribution >= 0.6 is 0 Å². The molecule has 0 aliphatic carbocycles. The van der Waals surface area contributed by atoms with E-state index in [-0.39, 0.29) is 11.3 Å². The summed E-state index contributed by atoms with van der Waals surface area (Å²) in [5.74, 6) is 0.0643. The first-order valence-corrected chi connectivity index (χ1v) is 4.64. The van der Waals surface area contributed by atoms with Crippen LogP contribution in [0, 0.1) is 5.41 Å². The van der Waals surface area contributed by atoms with Gasteiger partial charge in [0.25, 0.3) is 0 Å². The van der Waals surface area contributed by atoms with Crippen molar-refractivity contribution in [2.75, 3.05) is 26.3 Å². The van der Waals surface area contributed by atoms with E-state index in [1.165, 1.54) is 0 Å². The molecule has 1 aliphatic heterocycles. The molecule has 0 saturated carbocycles. The highest BCUT2D eigenvalue weighted by molar-refractivity contribution is 5.80. The molecular formula is C9H18N2O2. The lowest BCUT2D eigenvalue weighted by Gasteiger charge is -2.29. The van der Waals surface area contributed by atoms with E-state index in [9.17, 15) is 4.79 Å². The normalized spacial score (nSPS) is 19.9. The predicted octanol–water partition coefficient (Wildman–Crippen LogP) is 0.396. The van der Waals surface area contributed by atoms with Gasteiger partial charge in [-0.25, -0.2) is 5.01 Å². The van der Waals surface area contributed by atoms with Crippen LogP contribution in [0.4, 0.5) is 0 Å². The van der Waals surface area contributed by atoms with Crippen LogP contribution in [-0.4, -0.2) is 37.2 Å². The van der Waals surface area contributed by atoms with Crippen LogP contribution in [0.25, 0.3) is 0 Å². The second kappa shape index (κ2) is 4.07. The highest BCUT2D eigenvalue weighted by Crippen LogP contribution is 2.12. The molecule has 0 radical (unpaired) electrons. The molecule has 1 fully saturated rings. The third-order valence-electron chi connectivity index (χ3n) is 1.95. The molecule has 0 unspecified atom stereocenters. The van der Waals surface area contributed by atoms with Gasteiger partial charge in [-0.3, -0.25) is 10.2 Å². The van der Waals surface area contributed by atoms with Gasteiger partial charge in [0.1, 0.15) is 0 Å². The number of hydrogen-bond donors (Lipinski definition) is 1. The molecule has 1 aliphatic rings. The molecule has 1 heterocycles. The summed E-state index contributed by atoms with van der Waals surface area (Å²) < 4.78 is 5.17. The third kappa shape index (κ3) is 3.32. The molecule has 1 rings (SSSR count). The zero-order valence-electron chi connectivity index (χ0n) is 8.59. The summed E-state index contributed by atoms with van der Waals surface area (Å²) >= 11 is 0. The van der Waals surface area contributed by atoms with Crippen LogP contribution in [0.1, 0.15) is 20.8 Å². The van der Waals surface area contributed by atoms with Crippen LogP contribution in [0.15, 0.2) is 0 Å². The van der Waals surface area contributed by atoms with E-state index in [0.717, 1.165) is 13.1 Å². The van der Waals surface area contributed by atoms with Crippen molar-refractivity contribution >= 4 is 5.91 Å². The van der Waals surface area contributed by atoms with E-state index >= 15 is 0 Å². The number of ether oxygens (including phenoxy) is 1. The van der Waals surface area contributed by atoms with Crippen LogP contribution in [0.3, 0.4) is 0 Å². The van der Waals surface area contributed by atoms with E-state index < -0.39 is 0 Å². The molecule has 1 saturated heterocycles. The van der Waals surface area contributed by atoms with Crippen molar-refractivity contribution in [1.82, 2.24) is 10.4 Å². The van der Waals surface area contributed by atoms with Gasteiger partial charge in [0.15, 0.2) is 0 Å². The first-order chi connectivity index (χ1) is 6.00. The van der Waals surface area contributed by atoms with E-state index in [0.29, 0.717) is 13.2 Å². The Bertz CT molecular complexity index is 181. The van der Waals surface area contributed by atoms with Crippen LogP contribution in [-0.2, 0) is 9.53 Å². The van der Waals surface area contributed by atoms with Gasteiger partial charge >= 0.3 is 0 Å². The van der Waals surface area contributed by atoms with Gasteiger partial charge in [0.2, 0.25) is 5.91 Å². The Morgan fingerprint density at radius 2 is 1.85 bits per heavy atom. The van der Waals surface area contributed by atoms with E-state index in [1.807, 2.05) is 25.8 Å². The Labute approximate surface area is 79.2 Å². The van der Waals surface area contributed by atoms with Gasteiger partial charge < -0.3 is 4.74 Å². The minimum Gasteiger partial charge on any atom is -0.379 e. The quantitative estimate of drug-likeness (QED) is 0.644. The predicted molar refractivity (Wildman–Crippen MR) is 50.0 cm³/mol. The van der Waals surface area contributed by atoms with Crippen molar-refractivity contribution in [3.8, 4) is 0 Å². The van der Waals surface area contributed by atoms with Gasteiger partial charge in [-0.15, -0.1) is 0 Å². The summed E-state index contributed by atoms with van der Waals surface area (Å²) in [6.45, 7) is 8.67. The summed E-state index contributed by atoms with van der Waals surface area (Å²) in [7, 11) is 0. The number of nitrogens with zero attached hydrogens (tertiary/aromatic N) is 1. The molecule has 0 bridgehead atoms. The summed E-state index contributed by atoms with van der Waals surface area (Å²) in [6, 6.07) is 0. The summed E-state index contributed by atoms with van der Waals surface area (Å²) in [5.41, 5.74) is 2.55. The van der Waals surface area contributed by atoms with Crippen molar-refractivity contribution in [2.24, 2.45) is 5.41 Å². The number of amides is 1. The Morgan fingerprint density at radius 1 is 1.31 bits per heavy atom. The molecule has 13 heavy (non-hydrogen) atoms. The Kier molecular flexibility index (Phi) is 3.27. The minimum absolute atomic E-state index is 0.0643. The van der Waals surface area contributed by atoms with Crippen molar-refractivity contribution in [2.45, 2.75) is 20.8 Å². The first-order valence-electron chi connectivity index (χ1n) is 4.64. The van der Waals surface area contributed by atoms with E-state index in [2.05, 4.69) is 5.43 Å². The lowest BCUT2D eigenvalue weighted by atomic mass is 9.96. The molecule has 0 spiro atoms. The number of carbonyl (C=O) groups excluding carboxylic acids is 1. The minimum atomic E-state index is -0.321. The molecule has 0 aromatic heterocycles. The number of rotatable bonds is 1. The van der Waals surface area contributed by atoms with E-state index in [4.69, 9.17) is 4.74 Å². The molecule has 4 nitrogen and oxygen atoms in total. The summed E-state index contributed by atoms with van der Waals surface area (Å²) in [6.07, 6.45) is 0. The highest BCUT2D eigenvalue weighted by atomic mass is 16.5. The van der Waals surface area contributed by atoms with Gasteiger partial charge in [-0.05, 0) is 0 Å². The smallest absolute Gasteiger partial charge is 0.239 e. The average Bonchev–Trinajstić information content (AvgIpc) is 2.04. The number of hydrazine groups is 1.